The fourth-order valence-corrected chi connectivity index (χ4v) is 1.63. The van der Waals surface area contributed by atoms with Crippen molar-refractivity contribution < 1.29 is 9.53 Å². The van der Waals surface area contributed by atoms with Gasteiger partial charge in [0, 0.05) is 0 Å². The van der Waals surface area contributed by atoms with E-state index in [0.29, 0.717) is 0 Å². The Morgan fingerprint density at radius 3 is 2.46 bits per heavy atom. The van der Waals surface area contributed by atoms with E-state index in [1.54, 1.807) is 0 Å². The molecule has 0 spiro atoms. The Labute approximate surface area is 80.7 Å². The van der Waals surface area contributed by atoms with E-state index in [4.69, 9.17) is 4.74 Å². The predicted molar refractivity (Wildman–Crippen MR) is 52.7 cm³/mol. The van der Waals surface area contributed by atoms with Crippen LogP contribution < -0.4 is 0 Å². The maximum atomic E-state index is 10.2. The Balaban J connectivity index is 1.77. The maximum absolute atomic E-state index is 10.2. The van der Waals surface area contributed by atoms with Gasteiger partial charge in [0.1, 0.15) is 6.10 Å². The highest BCUT2D eigenvalue weighted by Gasteiger charge is 2.37. The van der Waals surface area contributed by atoms with Gasteiger partial charge in [-0.2, -0.15) is 0 Å². The Kier molecular flexibility index (Phi) is 5.06. The zero-order valence-corrected chi connectivity index (χ0v) is 8.50. The molecule has 0 aromatic rings. The van der Waals surface area contributed by atoms with Crippen LogP contribution in [-0.2, 0) is 9.53 Å². The number of aldehydes is 1. The van der Waals surface area contributed by atoms with Crippen molar-refractivity contribution in [3.05, 3.63) is 0 Å². The van der Waals surface area contributed by atoms with Gasteiger partial charge in [-0.25, -0.2) is 0 Å². The molecule has 0 aromatic heterocycles. The number of carbonyl (C=O) groups is 1. The van der Waals surface area contributed by atoms with Crippen molar-refractivity contribution in [2.45, 2.75) is 64.1 Å². The highest BCUT2D eigenvalue weighted by Crippen LogP contribution is 2.25. The van der Waals surface area contributed by atoms with Crippen LogP contribution in [0.2, 0.25) is 0 Å². The zero-order chi connectivity index (χ0) is 9.52. The van der Waals surface area contributed by atoms with E-state index in [9.17, 15) is 4.79 Å². The van der Waals surface area contributed by atoms with Gasteiger partial charge in [-0.05, 0) is 6.42 Å². The predicted octanol–water partition coefficient (Wildman–Crippen LogP) is 2.70. The molecule has 2 nitrogen and oxygen atoms in total. The largest absolute Gasteiger partial charge is 0.362 e. The van der Waals surface area contributed by atoms with Crippen molar-refractivity contribution in [2.24, 2.45) is 0 Å². The zero-order valence-electron chi connectivity index (χ0n) is 8.50. The molecule has 2 atom stereocenters. The van der Waals surface area contributed by atoms with Crippen molar-refractivity contribution >= 4 is 6.29 Å². The molecule has 0 N–H and O–H groups in total. The van der Waals surface area contributed by atoms with Gasteiger partial charge >= 0.3 is 0 Å². The Hall–Kier alpha value is -0.370. The van der Waals surface area contributed by atoms with Crippen molar-refractivity contribution in [1.82, 2.24) is 0 Å². The Morgan fingerprint density at radius 1 is 1.15 bits per heavy atom. The fraction of sp³-hybridized carbons (Fsp3) is 0.909. The number of hydrogen-bond acceptors (Lipinski definition) is 2. The summed E-state index contributed by atoms with van der Waals surface area (Å²) in [7, 11) is 0. The summed E-state index contributed by atoms with van der Waals surface area (Å²) in [5.74, 6) is 0. The Bertz CT molecular complexity index is 145. The molecule has 1 fully saturated rings. The molecular formula is C11H20O2. The SMILES string of the molecule is CCCCCCCC[C@H]1O[C@H]1C=O. The molecule has 1 heterocycles. The van der Waals surface area contributed by atoms with Crippen molar-refractivity contribution in [1.29, 1.82) is 0 Å². The van der Waals surface area contributed by atoms with Crippen molar-refractivity contribution in [3.63, 3.8) is 0 Å². The van der Waals surface area contributed by atoms with Crippen molar-refractivity contribution in [3.8, 4) is 0 Å². The first-order valence-corrected chi connectivity index (χ1v) is 5.49. The van der Waals surface area contributed by atoms with E-state index in [2.05, 4.69) is 6.92 Å². The molecule has 1 saturated heterocycles. The maximum Gasteiger partial charge on any atom is 0.151 e. The molecule has 2 heteroatoms. The van der Waals surface area contributed by atoms with Crippen LogP contribution >= 0.6 is 0 Å². The first-order chi connectivity index (χ1) is 6.38. The van der Waals surface area contributed by atoms with Gasteiger partial charge in [0.15, 0.2) is 6.29 Å². The van der Waals surface area contributed by atoms with Gasteiger partial charge in [0.25, 0.3) is 0 Å². The van der Waals surface area contributed by atoms with Crippen molar-refractivity contribution in [2.75, 3.05) is 0 Å². The molecule has 0 aliphatic carbocycles. The molecule has 13 heavy (non-hydrogen) atoms. The lowest BCUT2D eigenvalue weighted by atomic mass is 10.1. The molecule has 1 rings (SSSR count). The van der Waals surface area contributed by atoms with Gasteiger partial charge in [-0.1, -0.05) is 45.4 Å². The molecule has 76 valence electrons. The number of rotatable bonds is 8. The summed E-state index contributed by atoms with van der Waals surface area (Å²) >= 11 is 0. The van der Waals surface area contributed by atoms with Crippen LogP contribution in [0.4, 0.5) is 0 Å². The average Bonchev–Trinajstić information content (AvgIpc) is 2.90. The monoisotopic (exact) mass is 184 g/mol. The quantitative estimate of drug-likeness (QED) is 0.330. The molecular weight excluding hydrogens is 164 g/mol. The minimum Gasteiger partial charge on any atom is -0.362 e. The van der Waals surface area contributed by atoms with E-state index in [-0.39, 0.29) is 12.2 Å². The summed E-state index contributed by atoms with van der Waals surface area (Å²) in [6.07, 6.45) is 10.1. The number of hydrogen-bond donors (Lipinski definition) is 0. The van der Waals surface area contributed by atoms with E-state index in [1.807, 2.05) is 0 Å². The summed E-state index contributed by atoms with van der Waals surface area (Å²) < 4.78 is 5.13. The van der Waals surface area contributed by atoms with Crippen LogP contribution in [0.5, 0.6) is 0 Å². The van der Waals surface area contributed by atoms with Crippen LogP contribution in [0.25, 0.3) is 0 Å². The summed E-state index contributed by atoms with van der Waals surface area (Å²) in [5.41, 5.74) is 0. The summed E-state index contributed by atoms with van der Waals surface area (Å²) in [5, 5.41) is 0. The summed E-state index contributed by atoms with van der Waals surface area (Å²) in [6, 6.07) is 0. The van der Waals surface area contributed by atoms with Gasteiger partial charge in [-0.3, -0.25) is 0 Å². The normalized spacial score (nSPS) is 25.9. The van der Waals surface area contributed by atoms with Gasteiger partial charge in [0.2, 0.25) is 0 Å². The molecule has 1 aliphatic rings. The summed E-state index contributed by atoms with van der Waals surface area (Å²) in [6.45, 7) is 2.23. The molecule has 0 radical (unpaired) electrons. The average molecular weight is 184 g/mol. The summed E-state index contributed by atoms with van der Waals surface area (Å²) in [4.78, 5) is 10.2. The first-order valence-electron chi connectivity index (χ1n) is 5.49. The number of ether oxygens (including phenoxy) is 1. The molecule has 0 amide bonds. The fourth-order valence-electron chi connectivity index (χ4n) is 1.63. The lowest BCUT2D eigenvalue weighted by Crippen LogP contribution is -1.94. The van der Waals surface area contributed by atoms with Crippen LogP contribution in [0, 0.1) is 0 Å². The number of unbranched alkanes of at least 4 members (excludes halogenated alkanes) is 5. The minimum atomic E-state index is -0.0596. The molecule has 0 aromatic carbocycles. The van der Waals surface area contributed by atoms with E-state index >= 15 is 0 Å². The van der Waals surface area contributed by atoms with Gasteiger partial charge in [0.05, 0.1) is 6.10 Å². The van der Waals surface area contributed by atoms with Crippen LogP contribution in [0.15, 0.2) is 0 Å². The molecule has 0 bridgehead atoms. The second-order valence-electron chi connectivity index (χ2n) is 3.83. The first kappa shape index (κ1) is 10.7. The third-order valence-corrected chi connectivity index (χ3v) is 2.60. The highest BCUT2D eigenvalue weighted by atomic mass is 16.6. The van der Waals surface area contributed by atoms with Crippen LogP contribution in [0.1, 0.15) is 51.9 Å². The van der Waals surface area contributed by atoms with Gasteiger partial charge < -0.3 is 9.53 Å². The third kappa shape index (κ3) is 4.41. The topological polar surface area (TPSA) is 29.6 Å². The minimum absolute atomic E-state index is 0.0596. The van der Waals surface area contributed by atoms with Gasteiger partial charge in [-0.15, -0.1) is 0 Å². The van der Waals surface area contributed by atoms with Crippen LogP contribution in [0.3, 0.4) is 0 Å². The van der Waals surface area contributed by atoms with E-state index < -0.39 is 0 Å². The third-order valence-electron chi connectivity index (χ3n) is 2.60. The lowest BCUT2D eigenvalue weighted by Gasteiger charge is -1.97. The smallest absolute Gasteiger partial charge is 0.151 e. The highest BCUT2D eigenvalue weighted by molar-refractivity contribution is 5.60. The second-order valence-corrected chi connectivity index (χ2v) is 3.83. The Morgan fingerprint density at radius 2 is 1.85 bits per heavy atom. The second kappa shape index (κ2) is 6.14. The molecule has 1 aliphatic heterocycles. The standard InChI is InChI=1S/C11H20O2/c1-2-3-4-5-6-7-8-10-11(9-12)13-10/h9-11H,2-8H2,1H3/t10-,11+/m1/s1. The molecule has 0 saturated carbocycles. The number of epoxide rings is 1. The number of carbonyl (C=O) groups excluding carboxylic acids is 1. The lowest BCUT2D eigenvalue weighted by molar-refractivity contribution is -0.108. The van der Waals surface area contributed by atoms with Crippen LogP contribution in [-0.4, -0.2) is 18.5 Å². The van der Waals surface area contributed by atoms with E-state index in [1.165, 1.54) is 38.5 Å². The van der Waals surface area contributed by atoms with E-state index in [0.717, 1.165) is 12.7 Å². The molecule has 0 unspecified atom stereocenters.